The van der Waals surface area contributed by atoms with Crippen LogP contribution in [0, 0.1) is 17.8 Å². The van der Waals surface area contributed by atoms with Crippen molar-refractivity contribution in [3.05, 3.63) is 59.8 Å². The highest BCUT2D eigenvalue weighted by Crippen LogP contribution is 2.74. The fourth-order valence-corrected chi connectivity index (χ4v) is 4.95. The van der Waals surface area contributed by atoms with Gasteiger partial charge in [0.1, 0.15) is 0 Å². The number of carbonyl (C=O) groups is 1. The first kappa shape index (κ1) is 16.5. The number of carbonyl (C=O) groups excluding carboxylic acids is 1. The SMILES string of the molecule is Cc1ccc(OCC23CC(C(=O)N4N=CCC4c4ccccc4)(C2)C3)nc1. The van der Waals surface area contributed by atoms with Crippen LogP contribution in [0.3, 0.4) is 0 Å². The lowest BCUT2D eigenvalue weighted by Crippen LogP contribution is -2.69. The number of rotatable bonds is 5. The number of hydrogen-bond donors (Lipinski definition) is 0. The molecule has 4 aliphatic rings. The summed E-state index contributed by atoms with van der Waals surface area (Å²) >= 11 is 0. The molecule has 2 bridgehead atoms. The van der Waals surface area contributed by atoms with Crippen molar-refractivity contribution < 1.29 is 9.53 Å². The molecule has 0 saturated heterocycles. The Morgan fingerprint density at radius 1 is 1.19 bits per heavy atom. The van der Waals surface area contributed by atoms with Gasteiger partial charge in [0.2, 0.25) is 11.8 Å². The molecule has 1 amide bonds. The molecule has 5 heteroatoms. The average Bonchev–Trinajstić information content (AvgIpc) is 3.11. The number of ether oxygens (including phenoxy) is 1. The Kier molecular flexibility index (Phi) is 3.61. The zero-order chi connectivity index (χ0) is 18.5. The number of pyridine rings is 1. The van der Waals surface area contributed by atoms with Gasteiger partial charge < -0.3 is 4.74 Å². The molecule has 1 unspecified atom stereocenters. The largest absolute Gasteiger partial charge is 0.477 e. The van der Waals surface area contributed by atoms with Crippen LogP contribution in [0.1, 0.15) is 42.9 Å². The summed E-state index contributed by atoms with van der Waals surface area (Å²) < 4.78 is 5.88. The predicted molar refractivity (Wildman–Crippen MR) is 102 cm³/mol. The third-order valence-electron chi connectivity index (χ3n) is 6.23. The summed E-state index contributed by atoms with van der Waals surface area (Å²) in [7, 11) is 0. The number of aromatic nitrogens is 1. The van der Waals surface area contributed by atoms with E-state index in [1.165, 1.54) is 0 Å². The van der Waals surface area contributed by atoms with Crippen molar-refractivity contribution in [1.82, 2.24) is 9.99 Å². The Labute approximate surface area is 159 Å². The van der Waals surface area contributed by atoms with E-state index in [2.05, 4.69) is 22.2 Å². The van der Waals surface area contributed by atoms with Crippen LogP contribution in [0.4, 0.5) is 0 Å². The molecule has 3 aliphatic carbocycles. The lowest BCUT2D eigenvalue weighted by Gasteiger charge is -2.69. The smallest absolute Gasteiger partial charge is 0.249 e. The van der Waals surface area contributed by atoms with Crippen molar-refractivity contribution in [1.29, 1.82) is 0 Å². The van der Waals surface area contributed by atoms with Crippen LogP contribution >= 0.6 is 0 Å². The molecule has 6 rings (SSSR count). The Bertz CT molecular complexity index is 872. The average molecular weight is 361 g/mol. The van der Waals surface area contributed by atoms with Crippen LogP contribution in [0.2, 0.25) is 0 Å². The normalized spacial score (nSPS) is 30.6. The minimum absolute atomic E-state index is 0.0386. The van der Waals surface area contributed by atoms with Crippen LogP contribution in [-0.2, 0) is 4.79 Å². The first-order valence-corrected chi connectivity index (χ1v) is 9.56. The molecule has 3 saturated carbocycles. The van der Waals surface area contributed by atoms with Crippen LogP contribution in [0.15, 0.2) is 53.8 Å². The minimum atomic E-state index is -0.223. The lowest BCUT2D eigenvalue weighted by atomic mass is 9.35. The van der Waals surface area contributed by atoms with Gasteiger partial charge in [0.25, 0.3) is 0 Å². The third-order valence-corrected chi connectivity index (χ3v) is 6.23. The maximum Gasteiger partial charge on any atom is 0.249 e. The third kappa shape index (κ3) is 2.64. The van der Waals surface area contributed by atoms with Crippen molar-refractivity contribution in [3.63, 3.8) is 0 Å². The van der Waals surface area contributed by atoms with E-state index in [0.717, 1.165) is 36.8 Å². The van der Waals surface area contributed by atoms with Gasteiger partial charge in [-0.3, -0.25) is 4.79 Å². The Hall–Kier alpha value is -2.69. The molecular formula is C22H23N3O2. The lowest BCUT2D eigenvalue weighted by molar-refractivity contribution is -0.227. The second-order valence-electron chi connectivity index (χ2n) is 8.38. The summed E-state index contributed by atoms with van der Waals surface area (Å²) in [5.74, 6) is 0.847. The molecule has 1 aromatic carbocycles. The van der Waals surface area contributed by atoms with E-state index in [0.29, 0.717) is 12.5 Å². The number of nitrogens with zero attached hydrogens (tertiary/aromatic N) is 3. The summed E-state index contributed by atoms with van der Waals surface area (Å²) in [6.45, 7) is 2.65. The van der Waals surface area contributed by atoms with Gasteiger partial charge in [-0.15, -0.1) is 0 Å². The van der Waals surface area contributed by atoms with E-state index in [-0.39, 0.29) is 22.8 Å². The monoisotopic (exact) mass is 361 g/mol. The molecule has 2 heterocycles. The van der Waals surface area contributed by atoms with Crippen LogP contribution in [0.5, 0.6) is 5.88 Å². The van der Waals surface area contributed by atoms with Gasteiger partial charge in [0.15, 0.2) is 0 Å². The highest BCUT2D eigenvalue weighted by molar-refractivity contribution is 5.88. The molecule has 27 heavy (non-hydrogen) atoms. The molecule has 3 fully saturated rings. The van der Waals surface area contributed by atoms with Crippen molar-refractivity contribution in [2.24, 2.45) is 15.9 Å². The van der Waals surface area contributed by atoms with Crippen molar-refractivity contribution in [2.75, 3.05) is 6.61 Å². The van der Waals surface area contributed by atoms with E-state index >= 15 is 0 Å². The summed E-state index contributed by atoms with van der Waals surface area (Å²) in [5.41, 5.74) is 2.20. The van der Waals surface area contributed by atoms with Gasteiger partial charge in [-0.2, -0.15) is 5.10 Å². The molecule has 0 spiro atoms. The molecule has 1 atom stereocenters. The van der Waals surface area contributed by atoms with E-state index in [4.69, 9.17) is 4.74 Å². The van der Waals surface area contributed by atoms with Crippen molar-refractivity contribution >= 4 is 12.1 Å². The first-order chi connectivity index (χ1) is 13.1. The minimum Gasteiger partial charge on any atom is -0.477 e. The Balaban J connectivity index is 1.21. The molecule has 5 nitrogen and oxygen atoms in total. The zero-order valence-electron chi connectivity index (χ0n) is 15.5. The van der Waals surface area contributed by atoms with E-state index in [1.807, 2.05) is 49.7 Å². The molecule has 1 aliphatic heterocycles. The van der Waals surface area contributed by atoms with Crippen molar-refractivity contribution in [3.8, 4) is 5.88 Å². The summed E-state index contributed by atoms with van der Waals surface area (Å²) in [5, 5.41) is 6.13. The number of aryl methyl sites for hydroxylation is 1. The van der Waals surface area contributed by atoms with E-state index in [1.54, 1.807) is 5.01 Å². The van der Waals surface area contributed by atoms with E-state index in [9.17, 15) is 4.79 Å². The maximum atomic E-state index is 13.2. The summed E-state index contributed by atoms with van der Waals surface area (Å²) in [4.78, 5) is 17.5. The number of hydrogen-bond acceptors (Lipinski definition) is 4. The van der Waals surface area contributed by atoms with Crippen molar-refractivity contribution in [2.45, 2.75) is 38.6 Å². The number of hydrazone groups is 1. The van der Waals surface area contributed by atoms with Crippen LogP contribution < -0.4 is 4.74 Å². The van der Waals surface area contributed by atoms with Crippen LogP contribution in [-0.4, -0.2) is 28.7 Å². The Morgan fingerprint density at radius 3 is 2.67 bits per heavy atom. The summed E-state index contributed by atoms with van der Waals surface area (Å²) in [6, 6.07) is 14.1. The molecule has 0 radical (unpaired) electrons. The standard InChI is InChI=1S/C22H23N3O2/c1-16-7-8-19(23-11-16)27-15-21-12-22(13-21,14-21)20(26)25-18(9-10-24-25)17-5-3-2-4-6-17/h2-8,10-11,18H,9,12-15H2,1H3. The quantitative estimate of drug-likeness (QED) is 0.812. The number of benzene rings is 1. The topological polar surface area (TPSA) is 54.8 Å². The second kappa shape index (κ2) is 5.91. The highest BCUT2D eigenvalue weighted by Gasteiger charge is 2.72. The number of amides is 1. The Morgan fingerprint density at radius 2 is 1.96 bits per heavy atom. The van der Waals surface area contributed by atoms with Gasteiger partial charge in [-0.05, 0) is 37.3 Å². The fraction of sp³-hybridized carbons (Fsp3) is 0.409. The van der Waals surface area contributed by atoms with Crippen LogP contribution in [0.25, 0.3) is 0 Å². The molecule has 138 valence electrons. The van der Waals surface area contributed by atoms with Gasteiger partial charge in [0.05, 0.1) is 18.1 Å². The van der Waals surface area contributed by atoms with Gasteiger partial charge >= 0.3 is 0 Å². The second-order valence-corrected chi connectivity index (χ2v) is 8.38. The molecule has 2 aromatic rings. The molecule has 1 aromatic heterocycles. The fourth-order valence-electron chi connectivity index (χ4n) is 4.95. The van der Waals surface area contributed by atoms with Gasteiger partial charge in [-0.25, -0.2) is 9.99 Å². The zero-order valence-corrected chi connectivity index (χ0v) is 15.5. The predicted octanol–water partition coefficient (Wildman–Crippen LogP) is 3.90. The van der Waals surface area contributed by atoms with Gasteiger partial charge in [0, 0.05) is 30.3 Å². The summed E-state index contributed by atoms with van der Waals surface area (Å²) in [6.07, 6.45) is 7.17. The van der Waals surface area contributed by atoms with Gasteiger partial charge in [-0.1, -0.05) is 36.4 Å². The van der Waals surface area contributed by atoms with E-state index < -0.39 is 0 Å². The molecule has 0 N–H and O–H groups in total. The molecular weight excluding hydrogens is 338 g/mol. The highest BCUT2D eigenvalue weighted by atomic mass is 16.5. The first-order valence-electron chi connectivity index (χ1n) is 9.56. The maximum absolute atomic E-state index is 13.2.